The average Bonchev–Trinajstić information content (AvgIpc) is 2.47. The molecule has 5 nitrogen and oxygen atoms in total. The first-order chi connectivity index (χ1) is 9.61. The number of piperidine rings is 1. The van der Waals surface area contributed by atoms with Crippen LogP contribution < -0.4 is 15.5 Å². The van der Waals surface area contributed by atoms with Gasteiger partial charge in [0.1, 0.15) is 0 Å². The van der Waals surface area contributed by atoms with Crippen molar-refractivity contribution in [1.82, 2.24) is 5.32 Å². The lowest BCUT2D eigenvalue weighted by atomic mass is 10.1. The number of benzene rings is 1. The number of nitrogens with zero attached hydrogens (tertiary/aromatic N) is 1. The van der Waals surface area contributed by atoms with E-state index in [2.05, 4.69) is 15.5 Å². The van der Waals surface area contributed by atoms with Gasteiger partial charge in [0.2, 0.25) is 5.91 Å². The van der Waals surface area contributed by atoms with Crippen molar-refractivity contribution in [2.75, 3.05) is 30.4 Å². The fourth-order valence-corrected chi connectivity index (χ4v) is 2.50. The van der Waals surface area contributed by atoms with Crippen LogP contribution in [0, 0.1) is 0 Å². The number of anilines is 2. The number of nitrogens with one attached hydrogen (secondary N) is 2. The highest BCUT2D eigenvalue weighted by atomic mass is 16.2. The van der Waals surface area contributed by atoms with Crippen molar-refractivity contribution in [2.45, 2.75) is 26.2 Å². The average molecular weight is 275 g/mol. The van der Waals surface area contributed by atoms with E-state index < -0.39 is 0 Å². The summed E-state index contributed by atoms with van der Waals surface area (Å²) in [5.41, 5.74) is 2.10. The molecule has 0 radical (unpaired) electrons. The number of hydrogen-bond donors (Lipinski definition) is 2. The lowest BCUT2D eigenvalue weighted by Crippen LogP contribution is -2.30. The highest BCUT2D eigenvalue weighted by molar-refractivity contribution is 6.04. The van der Waals surface area contributed by atoms with Crippen LogP contribution in [0.25, 0.3) is 0 Å². The maximum atomic E-state index is 12.0. The van der Waals surface area contributed by atoms with Crippen LogP contribution in [0.1, 0.15) is 36.5 Å². The van der Waals surface area contributed by atoms with E-state index in [9.17, 15) is 9.59 Å². The summed E-state index contributed by atoms with van der Waals surface area (Å²) in [7, 11) is 1.59. The Labute approximate surface area is 119 Å². The maximum Gasteiger partial charge on any atom is 0.253 e. The Kier molecular flexibility index (Phi) is 4.61. The van der Waals surface area contributed by atoms with Crippen molar-refractivity contribution < 1.29 is 9.59 Å². The largest absolute Gasteiger partial charge is 0.372 e. The van der Waals surface area contributed by atoms with E-state index in [0.717, 1.165) is 18.8 Å². The van der Waals surface area contributed by atoms with Gasteiger partial charge in [-0.25, -0.2) is 0 Å². The summed E-state index contributed by atoms with van der Waals surface area (Å²) < 4.78 is 0. The second-order valence-electron chi connectivity index (χ2n) is 5.04. The zero-order chi connectivity index (χ0) is 14.5. The van der Waals surface area contributed by atoms with E-state index in [1.165, 1.54) is 26.2 Å². The summed E-state index contributed by atoms with van der Waals surface area (Å²) in [6.07, 6.45) is 3.63. The summed E-state index contributed by atoms with van der Waals surface area (Å²) in [6.45, 7) is 3.48. The second-order valence-corrected chi connectivity index (χ2v) is 5.04. The molecule has 0 unspecified atom stereocenters. The Bertz CT molecular complexity index is 508. The van der Waals surface area contributed by atoms with Crippen LogP contribution in [-0.4, -0.2) is 32.0 Å². The van der Waals surface area contributed by atoms with Gasteiger partial charge in [-0.05, 0) is 37.5 Å². The van der Waals surface area contributed by atoms with Gasteiger partial charge in [0, 0.05) is 32.7 Å². The molecule has 0 aromatic heterocycles. The minimum Gasteiger partial charge on any atom is -0.372 e. The number of rotatable bonds is 3. The predicted molar refractivity (Wildman–Crippen MR) is 80.2 cm³/mol. The van der Waals surface area contributed by atoms with Gasteiger partial charge in [0.25, 0.3) is 5.91 Å². The van der Waals surface area contributed by atoms with E-state index in [-0.39, 0.29) is 11.8 Å². The van der Waals surface area contributed by atoms with Gasteiger partial charge in [0.05, 0.1) is 11.3 Å². The molecule has 1 aliphatic rings. The molecule has 1 fully saturated rings. The predicted octanol–water partition coefficient (Wildman–Crippen LogP) is 1.99. The number of carbonyl (C=O) groups excluding carboxylic acids is 2. The Balaban J connectivity index is 2.31. The third kappa shape index (κ3) is 3.29. The summed E-state index contributed by atoms with van der Waals surface area (Å²) in [5, 5.41) is 5.32. The molecule has 2 amide bonds. The van der Waals surface area contributed by atoms with Gasteiger partial charge in [-0.15, -0.1) is 0 Å². The van der Waals surface area contributed by atoms with Crippen molar-refractivity contribution in [3.8, 4) is 0 Å². The lowest BCUT2D eigenvalue weighted by Gasteiger charge is -2.29. The Hall–Kier alpha value is -2.04. The molecule has 1 aromatic rings. The van der Waals surface area contributed by atoms with Gasteiger partial charge in [-0.1, -0.05) is 0 Å². The molecule has 0 spiro atoms. The van der Waals surface area contributed by atoms with E-state index in [0.29, 0.717) is 11.3 Å². The fraction of sp³-hybridized carbons (Fsp3) is 0.467. The standard InChI is InChI=1S/C15H21N3O2/c1-11(19)17-14-7-6-12(10-13(14)15(20)16-2)18-8-4-3-5-9-18/h6-7,10H,3-5,8-9H2,1-2H3,(H,16,20)(H,17,19). The Morgan fingerprint density at radius 2 is 1.85 bits per heavy atom. The molecule has 0 bridgehead atoms. The normalized spacial score (nSPS) is 14.8. The first-order valence-electron chi connectivity index (χ1n) is 7.00. The molecule has 0 atom stereocenters. The van der Waals surface area contributed by atoms with Crippen molar-refractivity contribution in [3.05, 3.63) is 23.8 Å². The van der Waals surface area contributed by atoms with Gasteiger partial charge in [-0.2, -0.15) is 0 Å². The number of carbonyl (C=O) groups is 2. The molecule has 2 rings (SSSR count). The molecule has 5 heteroatoms. The minimum absolute atomic E-state index is 0.180. The smallest absolute Gasteiger partial charge is 0.253 e. The van der Waals surface area contributed by atoms with E-state index >= 15 is 0 Å². The highest BCUT2D eigenvalue weighted by Crippen LogP contribution is 2.25. The SMILES string of the molecule is CNC(=O)c1cc(N2CCCCC2)ccc1NC(C)=O. The van der Waals surface area contributed by atoms with E-state index in [4.69, 9.17) is 0 Å². The molecular formula is C15H21N3O2. The Morgan fingerprint density at radius 3 is 2.45 bits per heavy atom. The van der Waals surface area contributed by atoms with Crippen LogP contribution in [0.2, 0.25) is 0 Å². The highest BCUT2D eigenvalue weighted by Gasteiger charge is 2.16. The van der Waals surface area contributed by atoms with Crippen LogP contribution in [0.4, 0.5) is 11.4 Å². The molecule has 20 heavy (non-hydrogen) atoms. The van der Waals surface area contributed by atoms with Crippen LogP contribution >= 0.6 is 0 Å². The second kappa shape index (κ2) is 6.41. The fourth-order valence-electron chi connectivity index (χ4n) is 2.50. The maximum absolute atomic E-state index is 12.0. The first kappa shape index (κ1) is 14.4. The zero-order valence-electron chi connectivity index (χ0n) is 12.0. The van der Waals surface area contributed by atoms with Gasteiger partial charge in [-0.3, -0.25) is 9.59 Å². The molecule has 0 aliphatic carbocycles. The summed E-state index contributed by atoms with van der Waals surface area (Å²) in [4.78, 5) is 25.5. The minimum atomic E-state index is -0.187. The van der Waals surface area contributed by atoms with Crippen molar-refractivity contribution in [2.24, 2.45) is 0 Å². The molecule has 1 aromatic carbocycles. The van der Waals surface area contributed by atoms with Gasteiger partial charge in [0.15, 0.2) is 0 Å². The summed E-state index contributed by atoms with van der Waals surface area (Å²) in [5.74, 6) is -0.367. The molecule has 0 saturated carbocycles. The van der Waals surface area contributed by atoms with Crippen LogP contribution in [-0.2, 0) is 4.79 Å². The van der Waals surface area contributed by atoms with Crippen molar-refractivity contribution >= 4 is 23.2 Å². The summed E-state index contributed by atoms with van der Waals surface area (Å²) in [6, 6.07) is 5.62. The lowest BCUT2D eigenvalue weighted by molar-refractivity contribution is -0.114. The summed E-state index contributed by atoms with van der Waals surface area (Å²) >= 11 is 0. The molecule has 1 heterocycles. The molecule has 2 N–H and O–H groups in total. The topological polar surface area (TPSA) is 61.4 Å². The molecular weight excluding hydrogens is 254 g/mol. The van der Waals surface area contributed by atoms with Crippen LogP contribution in [0.3, 0.4) is 0 Å². The van der Waals surface area contributed by atoms with Crippen molar-refractivity contribution in [3.63, 3.8) is 0 Å². The number of amides is 2. The third-order valence-electron chi connectivity index (χ3n) is 3.51. The molecule has 108 valence electrons. The van der Waals surface area contributed by atoms with E-state index in [1.807, 2.05) is 12.1 Å². The monoisotopic (exact) mass is 275 g/mol. The van der Waals surface area contributed by atoms with Gasteiger partial charge < -0.3 is 15.5 Å². The van der Waals surface area contributed by atoms with E-state index in [1.54, 1.807) is 13.1 Å². The third-order valence-corrected chi connectivity index (χ3v) is 3.51. The first-order valence-corrected chi connectivity index (χ1v) is 7.00. The molecule has 1 saturated heterocycles. The van der Waals surface area contributed by atoms with Crippen LogP contribution in [0.15, 0.2) is 18.2 Å². The van der Waals surface area contributed by atoms with Crippen molar-refractivity contribution in [1.29, 1.82) is 0 Å². The zero-order valence-corrected chi connectivity index (χ0v) is 12.0. The quantitative estimate of drug-likeness (QED) is 0.887. The van der Waals surface area contributed by atoms with Gasteiger partial charge >= 0.3 is 0 Å². The molecule has 1 aliphatic heterocycles. The van der Waals surface area contributed by atoms with Crippen LogP contribution in [0.5, 0.6) is 0 Å². The Morgan fingerprint density at radius 1 is 1.15 bits per heavy atom. The number of hydrogen-bond acceptors (Lipinski definition) is 3.